The van der Waals surface area contributed by atoms with Crippen molar-refractivity contribution in [2.24, 2.45) is 0 Å². The maximum atomic E-state index is 14.3. The van der Waals surface area contributed by atoms with Crippen molar-refractivity contribution in [1.29, 1.82) is 0 Å². The summed E-state index contributed by atoms with van der Waals surface area (Å²) in [5.74, 6) is 0.577. The van der Waals surface area contributed by atoms with Crippen molar-refractivity contribution < 1.29 is 18.3 Å². The summed E-state index contributed by atoms with van der Waals surface area (Å²) < 4.78 is 35.4. The second-order valence-electron chi connectivity index (χ2n) is 8.55. The Hall–Kier alpha value is -3.52. The Morgan fingerprint density at radius 1 is 1.03 bits per heavy atom. The first-order valence-electron chi connectivity index (χ1n) is 12.3. The van der Waals surface area contributed by atoms with Gasteiger partial charge < -0.3 is 9.64 Å². The molecule has 0 aliphatic carbocycles. The van der Waals surface area contributed by atoms with Gasteiger partial charge in [-0.1, -0.05) is 30.7 Å². The SMILES string of the molecule is CCCOc1ccc(-c2nn3c(C(F)F)cc(-c4ccc(Cl)cc4)nc3c2CC(=O)N(CC)CC)cc1. The minimum Gasteiger partial charge on any atom is -0.494 e. The van der Waals surface area contributed by atoms with Crippen LogP contribution in [-0.4, -0.2) is 45.1 Å². The minimum absolute atomic E-state index is 0.0195. The van der Waals surface area contributed by atoms with Crippen molar-refractivity contribution in [3.05, 3.63) is 70.9 Å². The fourth-order valence-corrected chi connectivity index (χ4v) is 4.30. The van der Waals surface area contributed by atoms with Gasteiger partial charge >= 0.3 is 0 Å². The number of fused-ring (bicyclic) bond motifs is 1. The summed E-state index contributed by atoms with van der Waals surface area (Å²) in [7, 11) is 0. The molecule has 0 fully saturated rings. The van der Waals surface area contributed by atoms with Crippen LogP contribution >= 0.6 is 11.6 Å². The summed E-state index contributed by atoms with van der Waals surface area (Å²) in [6.07, 6.45) is -1.95. The van der Waals surface area contributed by atoms with Gasteiger partial charge in [0.2, 0.25) is 5.91 Å². The molecule has 0 saturated heterocycles. The number of carbonyl (C=O) groups is 1. The number of likely N-dealkylation sites (N-methyl/N-ethyl adjacent to an activating group) is 1. The van der Waals surface area contributed by atoms with Crippen molar-refractivity contribution in [3.8, 4) is 28.3 Å². The third-order valence-corrected chi connectivity index (χ3v) is 6.37. The maximum absolute atomic E-state index is 14.3. The summed E-state index contributed by atoms with van der Waals surface area (Å²) in [5.41, 5.74) is 2.53. The van der Waals surface area contributed by atoms with Gasteiger partial charge in [-0.05, 0) is 62.7 Å². The molecule has 1 amide bonds. The van der Waals surface area contributed by atoms with Crippen LogP contribution in [-0.2, 0) is 11.2 Å². The number of amides is 1. The van der Waals surface area contributed by atoms with E-state index in [-0.39, 0.29) is 23.7 Å². The second-order valence-corrected chi connectivity index (χ2v) is 8.99. The molecule has 194 valence electrons. The standard InChI is InChI=1S/C28H29ClF2N4O2/c1-4-15-37-21-13-9-19(10-14-21)26-22(16-25(36)34(5-2)6-3)28-32-23(18-7-11-20(29)12-8-18)17-24(27(30)31)35(28)33-26/h7-14,17,27H,4-6,15-16H2,1-3H3. The molecule has 0 aliphatic heterocycles. The molecule has 2 aromatic heterocycles. The molecule has 0 radical (unpaired) electrons. The molecule has 37 heavy (non-hydrogen) atoms. The third kappa shape index (κ3) is 5.74. The lowest BCUT2D eigenvalue weighted by molar-refractivity contribution is -0.130. The Morgan fingerprint density at radius 2 is 1.68 bits per heavy atom. The summed E-state index contributed by atoms with van der Waals surface area (Å²) in [6.45, 7) is 7.50. The highest BCUT2D eigenvalue weighted by molar-refractivity contribution is 6.30. The lowest BCUT2D eigenvalue weighted by Gasteiger charge is -2.18. The van der Waals surface area contributed by atoms with E-state index in [4.69, 9.17) is 21.3 Å². The fraction of sp³-hybridized carbons (Fsp3) is 0.321. The van der Waals surface area contributed by atoms with E-state index in [1.807, 2.05) is 45.0 Å². The number of nitrogens with zero attached hydrogens (tertiary/aromatic N) is 4. The smallest absolute Gasteiger partial charge is 0.280 e. The van der Waals surface area contributed by atoms with Crippen LogP contribution in [0.25, 0.3) is 28.2 Å². The lowest BCUT2D eigenvalue weighted by atomic mass is 10.0. The highest BCUT2D eigenvalue weighted by Gasteiger charge is 2.25. The van der Waals surface area contributed by atoms with E-state index in [9.17, 15) is 13.6 Å². The van der Waals surface area contributed by atoms with Gasteiger partial charge in [0, 0.05) is 34.8 Å². The van der Waals surface area contributed by atoms with Crippen molar-refractivity contribution in [2.45, 2.75) is 40.0 Å². The molecule has 4 rings (SSSR count). The van der Waals surface area contributed by atoms with Crippen molar-refractivity contribution >= 4 is 23.2 Å². The van der Waals surface area contributed by atoms with Crippen LogP contribution in [0, 0.1) is 0 Å². The van der Waals surface area contributed by atoms with Gasteiger partial charge in [0.1, 0.15) is 11.4 Å². The predicted octanol–water partition coefficient (Wildman–Crippen LogP) is 6.85. The molecule has 6 nitrogen and oxygen atoms in total. The molecule has 0 unspecified atom stereocenters. The van der Waals surface area contributed by atoms with Gasteiger partial charge in [-0.3, -0.25) is 4.79 Å². The Labute approximate surface area is 219 Å². The monoisotopic (exact) mass is 526 g/mol. The normalized spacial score (nSPS) is 11.3. The summed E-state index contributed by atoms with van der Waals surface area (Å²) in [5, 5.41) is 5.08. The first-order valence-corrected chi connectivity index (χ1v) is 12.7. The summed E-state index contributed by atoms with van der Waals surface area (Å²) in [4.78, 5) is 19.6. The number of benzene rings is 2. The lowest BCUT2D eigenvalue weighted by Crippen LogP contribution is -2.31. The summed E-state index contributed by atoms with van der Waals surface area (Å²) >= 11 is 6.02. The zero-order valence-corrected chi connectivity index (χ0v) is 21.8. The number of alkyl halides is 2. The average molecular weight is 527 g/mol. The predicted molar refractivity (Wildman–Crippen MR) is 141 cm³/mol. The second kappa shape index (κ2) is 11.7. The van der Waals surface area contributed by atoms with E-state index in [0.29, 0.717) is 58.5 Å². The van der Waals surface area contributed by atoms with Gasteiger partial charge in [0.15, 0.2) is 5.65 Å². The van der Waals surface area contributed by atoms with E-state index >= 15 is 0 Å². The molecular weight excluding hydrogens is 498 g/mol. The molecular formula is C28H29ClF2N4O2. The quantitative estimate of drug-likeness (QED) is 0.227. The first kappa shape index (κ1) is 26.5. The first-order chi connectivity index (χ1) is 17.9. The van der Waals surface area contributed by atoms with E-state index in [1.165, 1.54) is 6.07 Å². The van der Waals surface area contributed by atoms with Crippen molar-refractivity contribution in [1.82, 2.24) is 19.5 Å². The van der Waals surface area contributed by atoms with Gasteiger partial charge in [-0.25, -0.2) is 18.3 Å². The number of hydrogen-bond acceptors (Lipinski definition) is 4. The minimum atomic E-state index is -2.81. The van der Waals surface area contributed by atoms with Crippen LogP contribution in [0.1, 0.15) is 44.9 Å². The molecule has 0 N–H and O–H groups in total. The van der Waals surface area contributed by atoms with Gasteiger partial charge in [-0.15, -0.1) is 0 Å². The Kier molecular flexibility index (Phi) is 8.38. The number of halogens is 3. The Balaban J connectivity index is 1.92. The molecule has 2 heterocycles. The van der Waals surface area contributed by atoms with E-state index in [2.05, 4.69) is 5.10 Å². The van der Waals surface area contributed by atoms with E-state index in [0.717, 1.165) is 10.9 Å². The van der Waals surface area contributed by atoms with Crippen LogP contribution < -0.4 is 4.74 Å². The molecule has 0 aliphatic rings. The fourth-order valence-electron chi connectivity index (χ4n) is 4.17. The number of rotatable bonds is 10. The number of ether oxygens (including phenoxy) is 1. The van der Waals surface area contributed by atoms with Crippen LogP contribution in [0.15, 0.2) is 54.6 Å². The summed E-state index contributed by atoms with van der Waals surface area (Å²) in [6, 6.07) is 15.4. The molecule has 0 bridgehead atoms. The molecule has 9 heteroatoms. The van der Waals surface area contributed by atoms with E-state index in [1.54, 1.807) is 29.2 Å². The Bertz CT molecular complexity index is 1370. The average Bonchev–Trinajstić information content (AvgIpc) is 3.26. The van der Waals surface area contributed by atoms with Crippen LogP contribution in [0.5, 0.6) is 5.75 Å². The van der Waals surface area contributed by atoms with Gasteiger partial charge in [0.25, 0.3) is 6.43 Å². The molecule has 2 aromatic carbocycles. The third-order valence-electron chi connectivity index (χ3n) is 6.12. The zero-order valence-electron chi connectivity index (χ0n) is 21.0. The molecule has 0 saturated carbocycles. The topological polar surface area (TPSA) is 59.7 Å². The zero-order chi connectivity index (χ0) is 26.5. The number of carbonyl (C=O) groups excluding carboxylic acids is 1. The highest BCUT2D eigenvalue weighted by Crippen LogP contribution is 2.33. The largest absolute Gasteiger partial charge is 0.494 e. The Morgan fingerprint density at radius 3 is 2.27 bits per heavy atom. The van der Waals surface area contributed by atoms with Crippen LogP contribution in [0.4, 0.5) is 8.78 Å². The maximum Gasteiger partial charge on any atom is 0.280 e. The number of aromatic nitrogens is 3. The van der Waals surface area contributed by atoms with Gasteiger partial charge in [-0.2, -0.15) is 5.10 Å². The van der Waals surface area contributed by atoms with Crippen LogP contribution in [0.3, 0.4) is 0 Å². The van der Waals surface area contributed by atoms with Crippen molar-refractivity contribution in [3.63, 3.8) is 0 Å². The van der Waals surface area contributed by atoms with Crippen LogP contribution in [0.2, 0.25) is 5.02 Å². The highest BCUT2D eigenvalue weighted by atomic mass is 35.5. The number of hydrogen-bond donors (Lipinski definition) is 0. The molecule has 4 aromatic rings. The van der Waals surface area contributed by atoms with Crippen molar-refractivity contribution in [2.75, 3.05) is 19.7 Å². The molecule has 0 spiro atoms. The van der Waals surface area contributed by atoms with Gasteiger partial charge in [0.05, 0.1) is 24.4 Å². The van der Waals surface area contributed by atoms with E-state index < -0.39 is 6.43 Å². The molecule has 0 atom stereocenters.